The number of amides is 1. The van der Waals surface area contributed by atoms with Gasteiger partial charge in [0.1, 0.15) is 11.6 Å². The summed E-state index contributed by atoms with van der Waals surface area (Å²) in [5.41, 5.74) is 1.08. The van der Waals surface area contributed by atoms with E-state index in [4.69, 9.17) is 0 Å². The van der Waals surface area contributed by atoms with Crippen LogP contribution < -0.4 is 0 Å². The Morgan fingerprint density at radius 2 is 1.69 bits per heavy atom. The molecule has 1 aromatic heterocycles. The first kappa shape index (κ1) is 21.5. The Balaban J connectivity index is 1.85. The zero-order valence-electron chi connectivity index (χ0n) is 17.0. The first-order valence-corrected chi connectivity index (χ1v) is 11.1. The van der Waals surface area contributed by atoms with E-state index < -0.39 is 33.3 Å². The fraction of sp³-hybridized carbons (Fsp3) is 0.130. The number of aliphatic hydroxyl groups excluding tert-OH is 1. The Morgan fingerprint density at radius 3 is 2.28 bits per heavy atom. The summed E-state index contributed by atoms with van der Waals surface area (Å²) in [5.74, 6) is -2.45. The molecule has 0 atom stereocenters. The second-order valence-electron chi connectivity index (χ2n) is 7.47. The Kier molecular flexibility index (Phi) is 5.43. The number of hydrogen-bond donors (Lipinski definition) is 1. The molecule has 2 aromatic carbocycles. The number of aliphatic hydroxyl groups is 1. The minimum atomic E-state index is -3.97. The van der Waals surface area contributed by atoms with Crippen LogP contribution in [0.5, 0.6) is 0 Å². The maximum absolute atomic E-state index is 13.3. The highest BCUT2D eigenvalue weighted by atomic mass is 32.2. The third kappa shape index (κ3) is 3.82. The monoisotopic (exact) mass is 454 g/mol. The number of likely N-dealkylation sites (N-methyl/N-ethyl adjacent to an activating group) is 1. The van der Waals surface area contributed by atoms with Gasteiger partial charge in [0.2, 0.25) is 0 Å². The molecule has 2 heterocycles. The van der Waals surface area contributed by atoms with E-state index in [0.29, 0.717) is 11.1 Å². The molecule has 4 rings (SSSR count). The maximum Gasteiger partial charge on any atom is 0.294 e. The molecule has 1 amide bonds. The van der Waals surface area contributed by atoms with Crippen LogP contribution in [0.3, 0.4) is 0 Å². The lowest BCUT2D eigenvalue weighted by atomic mass is 10.0. The van der Waals surface area contributed by atoms with E-state index in [1.165, 1.54) is 48.6 Å². The quantitative estimate of drug-likeness (QED) is 0.363. The van der Waals surface area contributed by atoms with E-state index in [9.17, 15) is 27.5 Å². The smallest absolute Gasteiger partial charge is 0.294 e. The minimum Gasteiger partial charge on any atom is -0.507 e. The predicted octanol–water partition coefficient (Wildman–Crippen LogP) is 2.77. The van der Waals surface area contributed by atoms with Gasteiger partial charge in [0.15, 0.2) is 0 Å². The van der Waals surface area contributed by atoms with Crippen molar-refractivity contribution in [3.8, 4) is 0 Å². The van der Waals surface area contributed by atoms with Gasteiger partial charge in [-0.1, -0.05) is 30.3 Å². The number of benzene rings is 2. The van der Waals surface area contributed by atoms with Crippen molar-refractivity contribution in [3.05, 3.63) is 95.1 Å². The van der Waals surface area contributed by atoms with Crippen LogP contribution in [-0.2, 0) is 26.0 Å². The van der Waals surface area contributed by atoms with Gasteiger partial charge in [0, 0.05) is 25.0 Å². The number of carbonyl (C=O) groups excluding carboxylic acids is 2. The topological polar surface area (TPSA) is 96.7 Å². The van der Waals surface area contributed by atoms with Gasteiger partial charge in [-0.05, 0) is 41.8 Å². The number of ketones is 1. The molecular weight excluding hydrogens is 435 g/mol. The van der Waals surface area contributed by atoms with Crippen molar-refractivity contribution in [2.24, 2.45) is 0 Å². The number of carbonyl (C=O) groups is 2. The largest absolute Gasteiger partial charge is 0.507 e. The number of likely N-dealkylation sites (tertiary alicyclic amines) is 1. The Labute approximate surface area is 184 Å². The number of nitrogens with zero attached hydrogens (tertiary/aromatic N) is 2. The van der Waals surface area contributed by atoms with E-state index in [2.05, 4.69) is 0 Å². The van der Waals surface area contributed by atoms with Crippen LogP contribution in [0.15, 0.2) is 77.5 Å². The Hall–Kier alpha value is -3.72. The predicted molar refractivity (Wildman–Crippen MR) is 115 cm³/mol. The number of hydrogen-bond acceptors (Lipinski definition) is 5. The lowest BCUT2D eigenvalue weighted by Gasteiger charge is -2.07. The van der Waals surface area contributed by atoms with Crippen molar-refractivity contribution in [1.29, 1.82) is 0 Å². The molecule has 9 heteroatoms. The van der Waals surface area contributed by atoms with Crippen molar-refractivity contribution in [2.45, 2.75) is 11.3 Å². The van der Waals surface area contributed by atoms with Gasteiger partial charge in [-0.3, -0.25) is 9.59 Å². The highest BCUT2D eigenvalue weighted by Crippen LogP contribution is 2.29. The lowest BCUT2D eigenvalue weighted by molar-refractivity contribution is -0.138. The highest BCUT2D eigenvalue weighted by Gasteiger charge is 2.35. The van der Waals surface area contributed by atoms with Gasteiger partial charge in [0.25, 0.3) is 21.7 Å². The fourth-order valence-corrected chi connectivity index (χ4v) is 4.78. The molecular formula is C23H19FN2O5S. The summed E-state index contributed by atoms with van der Waals surface area (Å²) in [5, 5.41) is 10.9. The van der Waals surface area contributed by atoms with Crippen molar-refractivity contribution < 1.29 is 27.5 Å². The number of halogens is 1. The molecule has 0 spiro atoms. The van der Waals surface area contributed by atoms with Gasteiger partial charge in [0.05, 0.1) is 17.0 Å². The Morgan fingerprint density at radius 1 is 1.03 bits per heavy atom. The molecule has 0 aliphatic carbocycles. The third-order valence-electron chi connectivity index (χ3n) is 5.26. The number of Topliss-reactive ketones (excluding diaryl/α,β-unsaturated/α-hetero) is 1. The summed E-state index contributed by atoms with van der Waals surface area (Å²) < 4.78 is 40.5. The first-order chi connectivity index (χ1) is 15.2. The lowest BCUT2D eigenvalue weighted by Crippen LogP contribution is -2.22. The second-order valence-corrected chi connectivity index (χ2v) is 9.31. The second kappa shape index (κ2) is 8.08. The van der Waals surface area contributed by atoms with Gasteiger partial charge < -0.3 is 10.0 Å². The van der Waals surface area contributed by atoms with Crippen LogP contribution in [0.1, 0.15) is 16.7 Å². The van der Waals surface area contributed by atoms with Gasteiger partial charge in [-0.25, -0.2) is 16.8 Å². The van der Waals surface area contributed by atoms with Crippen LogP contribution in [0.4, 0.5) is 4.39 Å². The zero-order chi connectivity index (χ0) is 23.0. The molecule has 1 N–H and O–H groups in total. The fourth-order valence-electron chi connectivity index (χ4n) is 3.53. The number of aromatic nitrogens is 1. The van der Waals surface area contributed by atoms with E-state index >= 15 is 0 Å². The molecule has 0 unspecified atom stereocenters. The van der Waals surface area contributed by atoms with Crippen molar-refractivity contribution in [3.63, 3.8) is 0 Å². The summed E-state index contributed by atoms with van der Waals surface area (Å²) in [6.45, 7) is -0.0872. The third-order valence-corrected chi connectivity index (χ3v) is 6.90. The summed E-state index contributed by atoms with van der Waals surface area (Å²) >= 11 is 0. The maximum atomic E-state index is 13.3. The first-order valence-electron chi connectivity index (χ1n) is 9.66. The van der Waals surface area contributed by atoms with E-state index in [1.807, 2.05) is 0 Å². The molecule has 164 valence electrons. The average molecular weight is 454 g/mol. The summed E-state index contributed by atoms with van der Waals surface area (Å²) in [4.78, 5) is 25.4. The molecule has 1 aliphatic heterocycles. The van der Waals surface area contributed by atoms with Crippen LogP contribution in [0, 0.1) is 5.82 Å². The van der Waals surface area contributed by atoms with Crippen LogP contribution in [0.2, 0.25) is 0 Å². The van der Waals surface area contributed by atoms with Crippen molar-refractivity contribution in [2.75, 3.05) is 13.6 Å². The summed E-state index contributed by atoms with van der Waals surface area (Å²) in [6.07, 6.45) is 2.74. The Bertz CT molecular complexity index is 1340. The van der Waals surface area contributed by atoms with Crippen LogP contribution in [0.25, 0.3) is 5.76 Å². The molecule has 0 radical (unpaired) electrons. The van der Waals surface area contributed by atoms with Crippen LogP contribution >= 0.6 is 0 Å². The summed E-state index contributed by atoms with van der Waals surface area (Å²) in [7, 11) is -2.54. The van der Waals surface area contributed by atoms with Gasteiger partial charge in [-0.2, -0.15) is 0 Å². The highest BCUT2D eigenvalue weighted by molar-refractivity contribution is 7.90. The van der Waals surface area contributed by atoms with Crippen molar-refractivity contribution in [1.82, 2.24) is 8.87 Å². The standard InChI is InChI=1S/C23H19FN2O5S/c1-25-13-20(22(28)23(25)29)21(27)19-14-26(32(30,31)18-5-3-2-4-6-18)12-16(19)11-15-7-9-17(24)10-8-15/h2-10,12,14,27H,11,13H2,1H3. The van der Waals surface area contributed by atoms with Gasteiger partial charge >= 0.3 is 0 Å². The molecule has 0 bridgehead atoms. The molecule has 0 saturated carbocycles. The van der Waals surface area contributed by atoms with Gasteiger partial charge in [-0.15, -0.1) is 0 Å². The number of rotatable bonds is 5. The minimum absolute atomic E-state index is 0.0499. The molecule has 1 saturated heterocycles. The normalized spacial score (nSPS) is 16.0. The molecule has 3 aromatic rings. The van der Waals surface area contributed by atoms with Crippen molar-refractivity contribution >= 4 is 27.5 Å². The molecule has 32 heavy (non-hydrogen) atoms. The van der Waals surface area contributed by atoms with E-state index in [0.717, 1.165) is 3.97 Å². The summed E-state index contributed by atoms with van der Waals surface area (Å²) in [6, 6.07) is 13.4. The van der Waals surface area contributed by atoms with E-state index in [1.54, 1.807) is 30.3 Å². The van der Waals surface area contributed by atoms with Crippen LogP contribution in [-0.4, -0.2) is 47.7 Å². The molecule has 1 aliphatic rings. The SMILES string of the molecule is CN1CC(=C(O)c2cn(S(=O)(=O)c3ccccc3)cc2Cc2ccc(F)cc2)C(=O)C1=O. The van der Waals surface area contributed by atoms with E-state index in [-0.39, 0.29) is 29.0 Å². The molecule has 1 fully saturated rings. The average Bonchev–Trinajstić information content (AvgIpc) is 3.32. The molecule has 7 nitrogen and oxygen atoms in total. The zero-order valence-corrected chi connectivity index (χ0v) is 17.8.